The minimum Gasteiger partial charge on any atom is -0.477 e. The molecule has 1 saturated carbocycles. The van der Waals surface area contributed by atoms with Gasteiger partial charge in [-0.1, -0.05) is 0 Å². The topological polar surface area (TPSA) is 37.3 Å². The first-order valence-corrected chi connectivity index (χ1v) is 6.06. The largest absolute Gasteiger partial charge is 0.477 e. The van der Waals surface area contributed by atoms with E-state index in [1.165, 1.54) is 0 Å². The van der Waals surface area contributed by atoms with Crippen LogP contribution >= 0.6 is 11.3 Å². The molecule has 1 aliphatic carbocycles. The maximum Gasteiger partial charge on any atom is 0.346 e. The average molecular weight is 246 g/mol. The molecule has 1 aliphatic rings. The van der Waals surface area contributed by atoms with Crippen LogP contribution in [-0.4, -0.2) is 17.0 Å². The van der Waals surface area contributed by atoms with Crippen molar-refractivity contribution in [2.45, 2.75) is 37.5 Å². The third-order valence-electron chi connectivity index (χ3n) is 3.05. The Balaban J connectivity index is 2.14. The van der Waals surface area contributed by atoms with E-state index in [9.17, 15) is 13.6 Å². The first kappa shape index (κ1) is 11.5. The van der Waals surface area contributed by atoms with E-state index in [1.807, 2.05) is 0 Å². The third kappa shape index (κ3) is 2.24. The van der Waals surface area contributed by atoms with E-state index in [0.717, 1.165) is 16.9 Å². The highest BCUT2D eigenvalue weighted by Gasteiger charge is 2.36. The van der Waals surface area contributed by atoms with Crippen LogP contribution in [0.4, 0.5) is 8.78 Å². The number of carbonyl (C=O) groups is 1. The van der Waals surface area contributed by atoms with Gasteiger partial charge in [-0.2, -0.15) is 0 Å². The van der Waals surface area contributed by atoms with Gasteiger partial charge in [0.2, 0.25) is 5.92 Å². The Bertz CT molecular complexity index is 390. The fourth-order valence-electron chi connectivity index (χ4n) is 2.17. The van der Waals surface area contributed by atoms with E-state index in [-0.39, 0.29) is 18.8 Å². The standard InChI is InChI=1S/C11H12F2O2S/c12-11(13)4-1-7(2-5-11)8-3-6-16-9(8)10(14)15/h3,6-7H,1-2,4-5H2,(H,14,15). The van der Waals surface area contributed by atoms with Crippen molar-refractivity contribution in [2.75, 3.05) is 0 Å². The number of thiophene rings is 1. The molecule has 0 aromatic carbocycles. The van der Waals surface area contributed by atoms with Crippen molar-refractivity contribution in [3.8, 4) is 0 Å². The highest BCUT2D eigenvalue weighted by Crippen LogP contribution is 2.42. The van der Waals surface area contributed by atoms with E-state index in [4.69, 9.17) is 5.11 Å². The van der Waals surface area contributed by atoms with Crippen LogP contribution in [0.2, 0.25) is 0 Å². The van der Waals surface area contributed by atoms with Gasteiger partial charge < -0.3 is 5.11 Å². The summed E-state index contributed by atoms with van der Waals surface area (Å²) >= 11 is 1.16. The van der Waals surface area contributed by atoms with Crippen molar-refractivity contribution in [3.05, 3.63) is 21.9 Å². The van der Waals surface area contributed by atoms with Gasteiger partial charge in [0.15, 0.2) is 0 Å². The number of carboxylic acid groups (broad SMARTS) is 1. The molecule has 1 fully saturated rings. The SMILES string of the molecule is O=C(O)c1sccc1C1CCC(F)(F)CC1. The summed E-state index contributed by atoms with van der Waals surface area (Å²) in [5.41, 5.74) is 0.730. The van der Waals surface area contributed by atoms with Gasteiger partial charge in [-0.25, -0.2) is 13.6 Å². The lowest BCUT2D eigenvalue weighted by Crippen LogP contribution is -2.24. The molecule has 0 amide bonds. The number of alkyl halides is 2. The second-order valence-electron chi connectivity index (χ2n) is 4.14. The maximum absolute atomic E-state index is 13.0. The second kappa shape index (κ2) is 4.13. The van der Waals surface area contributed by atoms with Gasteiger partial charge in [0, 0.05) is 12.8 Å². The van der Waals surface area contributed by atoms with E-state index in [2.05, 4.69) is 0 Å². The summed E-state index contributed by atoms with van der Waals surface area (Å²) in [4.78, 5) is 11.2. The summed E-state index contributed by atoms with van der Waals surface area (Å²) in [6, 6.07) is 1.75. The number of hydrogen-bond acceptors (Lipinski definition) is 2. The molecule has 0 spiro atoms. The molecular weight excluding hydrogens is 234 g/mol. The molecule has 1 N–H and O–H groups in total. The van der Waals surface area contributed by atoms with Crippen molar-refractivity contribution >= 4 is 17.3 Å². The van der Waals surface area contributed by atoms with Crippen LogP contribution in [0.1, 0.15) is 46.8 Å². The molecule has 16 heavy (non-hydrogen) atoms. The lowest BCUT2D eigenvalue weighted by atomic mass is 9.82. The van der Waals surface area contributed by atoms with Crippen molar-refractivity contribution in [2.24, 2.45) is 0 Å². The molecular formula is C11H12F2O2S. The molecule has 0 saturated heterocycles. The molecule has 88 valence electrons. The van der Waals surface area contributed by atoms with E-state index >= 15 is 0 Å². The van der Waals surface area contributed by atoms with Gasteiger partial charge in [0.25, 0.3) is 0 Å². The third-order valence-corrected chi connectivity index (χ3v) is 3.97. The molecule has 0 radical (unpaired) electrons. The zero-order valence-electron chi connectivity index (χ0n) is 8.58. The molecule has 2 nitrogen and oxygen atoms in total. The van der Waals surface area contributed by atoms with Crippen molar-refractivity contribution in [1.82, 2.24) is 0 Å². The van der Waals surface area contributed by atoms with Gasteiger partial charge in [-0.15, -0.1) is 11.3 Å². The minimum absolute atomic E-state index is 0.0167. The summed E-state index contributed by atoms with van der Waals surface area (Å²) < 4.78 is 25.9. The van der Waals surface area contributed by atoms with Gasteiger partial charge in [-0.3, -0.25) is 0 Å². The van der Waals surface area contributed by atoms with Crippen molar-refractivity contribution in [3.63, 3.8) is 0 Å². The Morgan fingerprint density at radius 2 is 2.06 bits per heavy atom. The lowest BCUT2D eigenvalue weighted by Gasteiger charge is -2.28. The van der Waals surface area contributed by atoms with Crippen LogP contribution in [0.3, 0.4) is 0 Å². The minimum atomic E-state index is -2.56. The van der Waals surface area contributed by atoms with Crippen LogP contribution in [-0.2, 0) is 0 Å². The Hall–Kier alpha value is -0.970. The van der Waals surface area contributed by atoms with Crippen molar-refractivity contribution in [1.29, 1.82) is 0 Å². The van der Waals surface area contributed by atoms with Crippen molar-refractivity contribution < 1.29 is 18.7 Å². The molecule has 1 aromatic rings. The number of halogens is 2. The summed E-state index contributed by atoms with van der Waals surface area (Å²) in [5.74, 6) is -3.53. The van der Waals surface area contributed by atoms with Crippen LogP contribution in [0.5, 0.6) is 0 Å². The smallest absolute Gasteiger partial charge is 0.346 e. The molecule has 0 aliphatic heterocycles. The second-order valence-corrected chi connectivity index (χ2v) is 5.06. The Labute approximate surface area is 95.9 Å². The predicted molar refractivity (Wildman–Crippen MR) is 57.4 cm³/mol. The number of carboxylic acids is 1. The zero-order valence-corrected chi connectivity index (χ0v) is 9.40. The summed E-state index contributed by atoms with van der Waals surface area (Å²) in [6.07, 6.45) is 0.493. The fraction of sp³-hybridized carbons (Fsp3) is 0.545. The lowest BCUT2D eigenvalue weighted by molar-refractivity contribution is -0.0382. The summed E-state index contributed by atoms with van der Waals surface area (Å²) in [7, 11) is 0. The van der Waals surface area contributed by atoms with Gasteiger partial charge >= 0.3 is 5.97 Å². The van der Waals surface area contributed by atoms with E-state index in [0.29, 0.717) is 17.7 Å². The normalized spacial score (nSPS) is 20.9. The maximum atomic E-state index is 13.0. The van der Waals surface area contributed by atoms with Gasteiger partial charge in [0.05, 0.1) is 0 Å². The average Bonchev–Trinajstić information content (AvgIpc) is 2.66. The molecule has 2 rings (SSSR count). The monoisotopic (exact) mass is 246 g/mol. The molecule has 0 unspecified atom stereocenters. The predicted octanol–water partition coefficient (Wildman–Crippen LogP) is 3.74. The summed E-state index contributed by atoms with van der Waals surface area (Å²) in [5, 5.41) is 10.7. The Morgan fingerprint density at radius 1 is 1.44 bits per heavy atom. The van der Waals surface area contributed by atoms with E-state index < -0.39 is 11.9 Å². The number of aromatic carboxylic acids is 1. The first-order chi connectivity index (χ1) is 7.49. The number of rotatable bonds is 2. The quantitative estimate of drug-likeness (QED) is 0.863. The van der Waals surface area contributed by atoms with Gasteiger partial charge in [-0.05, 0) is 35.8 Å². The molecule has 1 heterocycles. The molecule has 1 aromatic heterocycles. The zero-order chi connectivity index (χ0) is 11.8. The highest BCUT2D eigenvalue weighted by molar-refractivity contribution is 7.12. The molecule has 0 bridgehead atoms. The van der Waals surface area contributed by atoms with Crippen LogP contribution in [0.25, 0.3) is 0 Å². The van der Waals surface area contributed by atoms with Crippen LogP contribution in [0, 0.1) is 0 Å². The van der Waals surface area contributed by atoms with Crippen LogP contribution < -0.4 is 0 Å². The first-order valence-electron chi connectivity index (χ1n) is 5.18. The Kier molecular flexibility index (Phi) is 2.97. The van der Waals surface area contributed by atoms with E-state index in [1.54, 1.807) is 11.4 Å². The molecule has 0 atom stereocenters. The summed E-state index contributed by atoms with van der Waals surface area (Å²) in [6.45, 7) is 0. The molecule has 5 heteroatoms. The van der Waals surface area contributed by atoms with Crippen LogP contribution in [0.15, 0.2) is 11.4 Å². The van der Waals surface area contributed by atoms with Gasteiger partial charge in [0.1, 0.15) is 4.88 Å². The Morgan fingerprint density at radius 3 is 2.62 bits per heavy atom. The highest BCUT2D eigenvalue weighted by atomic mass is 32.1. The number of hydrogen-bond donors (Lipinski definition) is 1. The fourth-order valence-corrected chi connectivity index (χ4v) is 2.99.